The smallest absolute Gasteiger partial charge is 0.158 e. The minimum atomic E-state index is 0.167. The summed E-state index contributed by atoms with van der Waals surface area (Å²) in [5, 5.41) is 5.44. The van der Waals surface area contributed by atoms with Crippen LogP contribution in [0.3, 0.4) is 0 Å². The molecular weight excluding hydrogens is 422 g/mol. The Morgan fingerprint density at radius 3 is 2.53 bits per heavy atom. The summed E-state index contributed by atoms with van der Waals surface area (Å²) >= 11 is 0. The van der Waals surface area contributed by atoms with Gasteiger partial charge >= 0.3 is 0 Å². The van der Waals surface area contributed by atoms with Crippen LogP contribution in [0.2, 0.25) is 0 Å². The van der Waals surface area contributed by atoms with E-state index in [1.807, 2.05) is 17.2 Å². The summed E-state index contributed by atoms with van der Waals surface area (Å²) in [6.07, 6.45) is 10.2. The fourth-order valence-corrected chi connectivity index (χ4v) is 5.80. The van der Waals surface area contributed by atoms with E-state index in [0.29, 0.717) is 6.61 Å². The van der Waals surface area contributed by atoms with Gasteiger partial charge in [-0.1, -0.05) is 36.4 Å². The largest absolute Gasteiger partial charge is 0.340 e. The molecule has 2 aromatic carbocycles. The van der Waals surface area contributed by atoms with Crippen LogP contribution in [0.4, 0.5) is 17.3 Å². The van der Waals surface area contributed by atoms with Crippen molar-refractivity contribution >= 4 is 17.3 Å². The first-order valence-corrected chi connectivity index (χ1v) is 12.8. The number of aryl methyl sites for hydroxylation is 2. The number of aromatic nitrogens is 2. The number of hydrogen-bond donors (Lipinski definition) is 1. The number of anilines is 3. The maximum absolute atomic E-state index is 5.96. The zero-order valence-corrected chi connectivity index (χ0v) is 19.7. The highest BCUT2D eigenvalue weighted by molar-refractivity contribution is 5.61. The Hall–Kier alpha value is -2.96. The maximum Gasteiger partial charge on any atom is 0.158 e. The first kappa shape index (κ1) is 21.6. The van der Waals surface area contributed by atoms with Crippen molar-refractivity contribution < 1.29 is 4.84 Å². The van der Waals surface area contributed by atoms with Gasteiger partial charge in [0.15, 0.2) is 5.82 Å². The van der Waals surface area contributed by atoms with Crippen LogP contribution in [0, 0.1) is 0 Å². The highest BCUT2D eigenvalue weighted by atomic mass is 16.7. The van der Waals surface area contributed by atoms with Gasteiger partial charge in [0.2, 0.25) is 0 Å². The van der Waals surface area contributed by atoms with Gasteiger partial charge in [0.1, 0.15) is 12.1 Å². The molecule has 1 aliphatic carbocycles. The van der Waals surface area contributed by atoms with E-state index in [-0.39, 0.29) is 6.04 Å². The molecule has 0 amide bonds. The van der Waals surface area contributed by atoms with E-state index in [4.69, 9.17) is 4.84 Å². The fraction of sp³-hybridized carbons (Fsp3) is 0.429. The zero-order valence-electron chi connectivity index (χ0n) is 19.7. The van der Waals surface area contributed by atoms with Crippen LogP contribution in [-0.2, 0) is 17.7 Å². The van der Waals surface area contributed by atoms with E-state index >= 15 is 0 Å². The quantitative estimate of drug-likeness (QED) is 0.517. The van der Waals surface area contributed by atoms with Gasteiger partial charge in [-0.05, 0) is 80.4 Å². The van der Waals surface area contributed by atoms with Crippen molar-refractivity contribution in [2.75, 3.05) is 30.1 Å². The van der Waals surface area contributed by atoms with Crippen LogP contribution in [0.25, 0.3) is 0 Å². The molecule has 34 heavy (non-hydrogen) atoms. The molecule has 3 heterocycles. The number of hydrogen-bond acceptors (Lipinski definition) is 6. The summed E-state index contributed by atoms with van der Waals surface area (Å²) < 4.78 is 0. The Bertz CT molecular complexity index is 1110. The first-order chi connectivity index (χ1) is 16.8. The van der Waals surface area contributed by atoms with Crippen molar-refractivity contribution in [2.24, 2.45) is 0 Å². The summed E-state index contributed by atoms with van der Waals surface area (Å²) in [5.74, 6) is 1.57. The van der Waals surface area contributed by atoms with Crippen molar-refractivity contribution in [3.63, 3.8) is 0 Å². The van der Waals surface area contributed by atoms with Gasteiger partial charge in [-0.2, -0.15) is 0 Å². The standard InChI is InChI=1S/C28H33N5O/c1-2-6-22(7-3-1)26-14-17-34-33(26)28-19-27(29-20-30-28)31-24-11-8-21-9-12-25(13-10-23(21)18-24)32-15-4-5-16-32/h1-3,6-8,11,18-20,25-26H,4-5,9-10,12-17H2,(H,29,30,31)/t25-,26-/m1/s1. The van der Waals surface area contributed by atoms with E-state index in [1.54, 1.807) is 6.33 Å². The minimum Gasteiger partial charge on any atom is -0.340 e. The lowest BCUT2D eigenvalue weighted by Crippen LogP contribution is -2.32. The average Bonchev–Trinajstić information content (AvgIpc) is 3.55. The second kappa shape index (κ2) is 9.72. The summed E-state index contributed by atoms with van der Waals surface area (Å²) in [6.45, 7) is 3.26. The Balaban J connectivity index is 1.17. The molecule has 6 rings (SSSR count). The molecule has 0 unspecified atom stereocenters. The highest BCUT2D eigenvalue weighted by Gasteiger charge is 2.29. The predicted molar refractivity (Wildman–Crippen MR) is 135 cm³/mol. The van der Waals surface area contributed by atoms with E-state index < -0.39 is 0 Å². The van der Waals surface area contributed by atoms with Crippen LogP contribution < -0.4 is 10.4 Å². The number of fused-ring (bicyclic) bond motifs is 1. The van der Waals surface area contributed by atoms with Gasteiger partial charge in [0.05, 0.1) is 12.6 Å². The average molecular weight is 456 g/mol. The number of likely N-dealkylation sites (tertiary alicyclic amines) is 1. The molecular formula is C28H33N5O. The van der Waals surface area contributed by atoms with E-state index in [0.717, 1.165) is 36.2 Å². The van der Waals surface area contributed by atoms with Crippen LogP contribution in [0.5, 0.6) is 0 Å². The molecule has 0 spiro atoms. The summed E-state index contributed by atoms with van der Waals surface area (Å²) in [5.41, 5.74) is 5.32. The maximum atomic E-state index is 5.96. The Morgan fingerprint density at radius 2 is 1.68 bits per heavy atom. The molecule has 176 valence electrons. The van der Waals surface area contributed by atoms with Gasteiger partial charge in [0, 0.05) is 24.2 Å². The molecule has 0 radical (unpaired) electrons. The van der Waals surface area contributed by atoms with Crippen LogP contribution in [0.1, 0.15) is 54.8 Å². The third-order valence-corrected chi connectivity index (χ3v) is 7.60. The molecule has 2 saturated heterocycles. The third kappa shape index (κ3) is 4.52. The number of nitrogens with zero attached hydrogens (tertiary/aromatic N) is 4. The van der Waals surface area contributed by atoms with Gasteiger partial charge in [-0.15, -0.1) is 0 Å². The Kier molecular flexibility index (Phi) is 6.17. The molecule has 2 atom stereocenters. The minimum absolute atomic E-state index is 0.167. The number of rotatable bonds is 5. The second-order valence-corrected chi connectivity index (χ2v) is 9.72. The van der Waals surface area contributed by atoms with Crippen LogP contribution >= 0.6 is 0 Å². The van der Waals surface area contributed by atoms with Gasteiger partial charge < -0.3 is 10.2 Å². The lowest BCUT2D eigenvalue weighted by molar-refractivity contribution is 0.157. The molecule has 6 heteroatoms. The van der Waals surface area contributed by atoms with Crippen molar-refractivity contribution in [2.45, 2.75) is 57.0 Å². The van der Waals surface area contributed by atoms with Crippen molar-refractivity contribution in [1.29, 1.82) is 0 Å². The highest BCUT2D eigenvalue weighted by Crippen LogP contribution is 2.35. The molecule has 0 saturated carbocycles. The molecule has 1 aromatic heterocycles. The summed E-state index contributed by atoms with van der Waals surface area (Å²) in [7, 11) is 0. The van der Waals surface area contributed by atoms with Gasteiger partial charge in [-0.3, -0.25) is 4.84 Å². The van der Waals surface area contributed by atoms with E-state index in [1.165, 1.54) is 61.9 Å². The van der Waals surface area contributed by atoms with Crippen molar-refractivity contribution in [1.82, 2.24) is 14.9 Å². The Morgan fingerprint density at radius 1 is 0.853 bits per heavy atom. The fourth-order valence-electron chi connectivity index (χ4n) is 5.80. The zero-order chi connectivity index (χ0) is 22.7. The molecule has 6 nitrogen and oxygen atoms in total. The lowest BCUT2D eigenvalue weighted by atomic mass is 10.0. The van der Waals surface area contributed by atoms with Crippen molar-refractivity contribution in [3.8, 4) is 0 Å². The van der Waals surface area contributed by atoms with E-state index in [2.05, 4.69) is 62.6 Å². The molecule has 2 fully saturated rings. The van der Waals surface area contributed by atoms with E-state index in [9.17, 15) is 0 Å². The third-order valence-electron chi connectivity index (χ3n) is 7.60. The summed E-state index contributed by atoms with van der Waals surface area (Å²) in [4.78, 5) is 17.7. The lowest BCUT2D eigenvalue weighted by Gasteiger charge is -2.26. The molecule has 1 N–H and O–H groups in total. The monoisotopic (exact) mass is 455 g/mol. The van der Waals surface area contributed by atoms with Crippen LogP contribution in [0.15, 0.2) is 60.9 Å². The molecule has 2 aliphatic heterocycles. The molecule has 0 bridgehead atoms. The number of hydroxylamine groups is 1. The molecule has 3 aliphatic rings. The SMILES string of the molecule is c1ccc([C@H]2CCON2c2cc(Nc3ccc4c(c3)CC[C@H](N3CCCC3)CC4)ncn2)cc1. The number of benzene rings is 2. The molecule has 3 aromatic rings. The van der Waals surface area contributed by atoms with Gasteiger partial charge in [-0.25, -0.2) is 15.0 Å². The second-order valence-electron chi connectivity index (χ2n) is 9.72. The van der Waals surface area contributed by atoms with Crippen molar-refractivity contribution in [3.05, 3.63) is 77.6 Å². The topological polar surface area (TPSA) is 53.5 Å². The summed E-state index contributed by atoms with van der Waals surface area (Å²) in [6, 6.07) is 20.2. The van der Waals surface area contributed by atoms with Gasteiger partial charge in [0.25, 0.3) is 0 Å². The number of nitrogens with one attached hydrogen (secondary N) is 1. The van der Waals surface area contributed by atoms with Crippen LogP contribution in [-0.4, -0.2) is 40.6 Å². The normalized spacial score (nSPS) is 23.0. The predicted octanol–water partition coefficient (Wildman–Crippen LogP) is 5.45. The Labute approximate surface area is 201 Å². The first-order valence-electron chi connectivity index (χ1n) is 12.8.